The number of nitrogens with one attached hydrogen (secondary N) is 2. The lowest BCUT2D eigenvalue weighted by atomic mass is 10.2. The number of ether oxygens (including phenoxy) is 1. The molecule has 0 aromatic heterocycles. The Morgan fingerprint density at radius 1 is 1.17 bits per heavy atom. The molecule has 2 aromatic rings. The molecule has 0 saturated carbocycles. The number of carbonyl (C=O) groups excluding carboxylic acids is 1. The summed E-state index contributed by atoms with van der Waals surface area (Å²) in [6.45, 7) is 0. The molecule has 2 aromatic carbocycles. The van der Waals surface area contributed by atoms with Gasteiger partial charge in [0.05, 0.1) is 17.2 Å². The summed E-state index contributed by atoms with van der Waals surface area (Å²) in [7, 11) is 1.44. The minimum Gasteiger partial charge on any atom is -0.494 e. The highest BCUT2D eigenvalue weighted by atomic mass is 35.5. The van der Waals surface area contributed by atoms with E-state index < -0.39 is 5.91 Å². The maximum Gasteiger partial charge on any atom is 0.257 e. The molecule has 0 saturated heterocycles. The molecule has 0 radical (unpaired) electrons. The summed E-state index contributed by atoms with van der Waals surface area (Å²) in [4.78, 5) is 12.2. The fraction of sp³-hybridized carbons (Fsp3) is 0.0667. The summed E-state index contributed by atoms with van der Waals surface area (Å²) in [6, 6.07) is 9.83. The van der Waals surface area contributed by atoms with Crippen molar-refractivity contribution in [3.05, 3.63) is 52.0 Å². The summed E-state index contributed by atoms with van der Waals surface area (Å²) in [5.41, 5.74) is 7.20. The number of hydrogen-bond acceptors (Lipinski definition) is 4. The molecule has 0 fully saturated rings. The minimum atomic E-state index is -0.440. The topological polar surface area (TPSA) is 76.4 Å². The Morgan fingerprint density at radius 3 is 2.26 bits per heavy atom. The number of carbonyl (C=O) groups is 1. The van der Waals surface area contributed by atoms with Crippen LogP contribution in [-0.2, 0) is 0 Å². The number of benzene rings is 2. The van der Waals surface area contributed by atoms with Crippen molar-refractivity contribution in [1.29, 1.82) is 0 Å². The highest BCUT2D eigenvalue weighted by Gasteiger charge is 2.14. The maximum atomic E-state index is 12.2. The fourth-order valence-electron chi connectivity index (χ4n) is 1.79. The van der Waals surface area contributed by atoms with Crippen LogP contribution >= 0.6 is 35.4 Å². The Bertz CT molecular complexity index is 728. The normalized spacial score (nSPS) is 10.0. The largest absolute Gasteiger partial charge is 0.494 e. The van der Waals surface area contributed by atoms with Gasteiger partial charge in [0.2, 0.25) is 0 Å². The fourth-order valence-corrected chi connectivity index (χ4v) is 2.64. The van der Waals surface area contributed by atoms with Crippen LogP contribution in [0.25, 0.3) is 0 Å². The second-order valence-corrected chi connectivity index (χ2v) is 5.73. The molecule has 0 spiro atoms. The third kappa shape index (κ3) is 4.48. The van der Waals surface area contributed by atoms with Crippen molar-refractivity contribution in [3.8, 4) is 5.75 Å². The van der Waals surface area contributed by atoms with Gasteiger partial charge in [0.25, 0.3) is 5.91 Å². The van der Waals surface area contributed by atoms with E-state index in [1.807, 2.05) is 0 Å². The Balaban J connectivity index is 2.06. The number of hydrogen-bond donors (Lipinski definition) is 3. The monoisotopic (exact) mass is 369 g/mol. The van der Waals surface area contributed by atoms with Gasteiger partial charge in [0.1, 0.15) is 0 Å². The van der Waals surface area contributed by atoms with E-state index in [9.17, 15) is 4.79 Å². The molecular weight excluding hydrogens is 357 g/mol. The zero-order valence-electron chi connectivity index (χ0n) is 12.0. The van der Waals surface area contributed by atoms with E-state index in [1.165, 1.54) is 19.2 Å². The molecule has 0 bridgehead atoms. The number of thiocarbonyl (C=S) groups is 1. The Kier molecular flexibility index (Phi) is 5.65. The molecule has 2 rings (SSSR count). The van der Waals surface area contributed by atoms with Crippen LogP contribution in [-0.4, -0.2) is 18.1 Å². The van der Waals surface area contributed by atoms with Crippen molar-refractivity contribution in [1.82, 2.24) is 5.32 Å². The molecule has 0 aliphatic carbocycles. The first-order valence-corrected chi connectivity index (χ1v) is 7.58. The standard InChI is InChI=1S/C15H13Cl2N3O2S/c1-22-13-11(16)6-8(7-12(13)17)14(21)20-15(23)19-10-4-2-9(18)3-5-10/h2-7H,18H2,1H3,(H2,19,20,21,23). The third-order valence-corrected chi connectivity index (χ3v) is 3.63. The number of amides is 1. The van der Waals surface area contributed by atoms with Gasteiger partial charge < -0.3 is 15.8 Å². The average molecular weight is 370 g/mol. The lowest BCUT2D eigenvalue weighted by Crippen LogP contribution is -2.34. The summed E-state index contributed by atoms with van der Waals surface area (Å²) in [6.07, 6.45) is 0. The highest BCUT2D eigenvalue weighted by Crippen LogP contribution is 2.33. The summed E-state index contributed by atoms with van der Waals surface area (Å²) >= 11 is 17.1. The van der Waals surface area contributed by atoms with Crippen LogP contribution in [0.3, 0.4) is 0 Å². The predicted molar refractivity (Wildman–Crippen MR) is 97.6 cm³/mol. The molecule has 1 amide bonds. The first-order chi connectivity index (χ1) is 10.9. The first kappa shape index (κ1) is 17.3. The lowest BCUT2D eigenvalue weighted by molar-refractivity contribution is 0.0977. The van der Waals surface area contributed by atoms with Crippen molar-refractivity contribution in [3.63, 3.8) is 0 Å². The van der Waals surface area contributed by atoms with Gasteiger partial charge in [-0.3, -0.25) is 10.1 Å². The number of rotatable bonds is 3. The number of nitrogen functional groups attached to an aromatic ring is 1. The molecule has 0 heterocycles. The van der Waals surface area contributed by atoms with E-state index in [0.717, 1.165) is 0 Å². The third-order valence-electron chi connectivity index (χ3n) is 2.86. The van der Waals surface area contributed by atoms with E-state index in [4.69, 9.17) is 45.9 Å². The quantitative estimate of drug-likeness (QED) is 0.567. The van der Waals surface area contributed by atoms with Gasteiger partial charge in [0, 0.05) is 16.9 Å². The number of anilines is 2. The number of nitrogens with two attached hydrogens (primary N) is 1. The summed E-state index contributed by atoms with van der Waals surface area (Å²) in [5, 5.41) is 6.04. The van der Waals surface area contributed by atoms with E-state index in [1.54, 1.807) is 24.3 Å². The molecule has 0 aliphatic rings. The Morgan fingerprint density at radius 2 is 1.74 bits per heavy atom. The number of halogens is 2. The van der Waals surface area contributed by atoms with Gasteiger partial charge in [-0.15, -0.1) is 0 Å². The van der Waals surface area contributed by atoms with Crippen molar-refractivity contribution in [2.45, 2.75) is 0 Å². The summed E-state index contributed by atoms with van der Waals surface area (Å²) in [5.74, 6) is -0.128. The molecule has 120 valence electrons. The second kappa shape index (κ2) is 7.50. The summed E-state index contributed by atoms with van der Waals surface area (Å²) < 4.78 is 5.04. The molecule has 8 heteroatoms. The van der Waals surface area contributed by atoms with Crippen molar-refractivity contribution < 1.29 is 9.53 Å². The van der Waals surface area contributed by atoms with Gasteiger partial charge in [-0.2, -0.15) is 0 Å². The smallest absolute Gasteiger partial charge is 0.257 e. The Labute approximate surface area is 148 Å². The van der Waals surface area contributed by atoms with Crippen LogP contribution < -0.4 is 21.1 Å². The van der Waals surface area contributed by atoms with Crippen molar-refractivity contribution >= 4 is 57.8 Å². The second-order valence-electron chi connectivity index (χ2n) is 4.50. The molecule has 0 aliphatic heterocycles. The predicted octanol–water partition coefficient (Wildman–Crippen LogP) is 3.71. The molecule has 0 unspecified atom stereocenters. The molecule has 4 N–H and O–H groups in total. The molecule has 0 atom stereocenters. The van der Waals surface area contributed by atoms with Crippen LogP contribution in [0.5, 0.6) is 5.75 Å². The van der Waals surface area contributed by atoms with Gasteiger partial charge in [-0.1, -0.05) is 23.2 Å². The van der Waals surface area contributed by atoms with Gasteiger partial charge in [0.15, 0.2) is 10.9 Å². The molecule has 5 nitrogen and oxygen atoms in total. The van der Waals surface area contributed by atoms with Crippen LogP contribution in [0.4, 0.5) is 11.4 Å². The lowest BCUT2D eigenvalue weighted by Gasteiger charge is -2.11. The van der Waals surface area contributed by atoms with Gasteiger partial charge >= 0.3 is 0 Å². The van der Waals surface area contributed by atoms with E-state index in [0.29, 0.717) is 17.1 Å². The van der Waals surface area contributed by atoms with Crippen LogP contribution in [0.2, 0.25) is 10.0 Å². The number of methoxy groups -OCH3 is 1. The van der Waals surface area contributed by atoms with E-state index in [2.05, 4.69) is 10.6 Å². The van der Waals surface area contributed by atoms with E-state index >= 15 is 0 Å². The van der Waals surface area contributed by atoms with E-state index in [-0.39, 0.29) is 20.7 Å². The van der Waals surface area contributed by atoms with Crippen LogP contribution in [0.15, 0.2) is 36.4 Å². The highest BCUT2D eigenvalue weighted by molar-refractivity contribution is 7.80. The SMILES string of the molecule is COc1c(Cl)cc(C(=O)NC(=S)Nc2ccc(N)cc2)cc1Cl. The first-order valence-electron chi connectivity index (χ1n) is 6.41. The maximum absolute atomic E-state index is 12.2. The van der Waals surface area contributed by atoms with Crippen molar-refractivity contribution in [2.75, 3.05) is 18.2 Å². The Hall–Kier alpha value is -2.02. The van der Waals surface area contributed by atoms with Crippen molar-refractivity contribution in [2.24, 2.45) is 0 Å². The van der Waals surface area contributed by atoms with Gasteiger partial charge in [-0.05, 0) is 48.6 Å². The molecular formula is C15H13Cl2N3O2S. The van der Waals surface area contributed by atoms with Crippen LogP contribution in [0.1, 0.15) is 10.4 Å². The van der Waals surface area contributed by atoms with Crippen LogP contribution in [0, 0.1) is 0 Å². The zero-order valence-corrected chi connectivity index (χ0v) is 14.4. The zero-order chi connectivity index (χ0) is 17.0. The molecule has 23 heavy (non-hydrogen) atoms. The average Bonchev–Trinajstić information content (AvgIpc) is 2.49. The van der Waals surface area contributed by atoms with Gasteiger partial charge in [-0.25, -0.2) is 0 Å². The minimum absolute atomic E-state index is 0.142.